The molecule has 0 saturated carbocycles. The molecule has 1 N–H and O–H groups in total. The molecule has 0 bridgehead atoms. The van der Waals surface area contributed by atoms with Crippen molar-refractivity contribution in [2.45, 2.75) is 52.1 Å². The van der Waals surface area contributed by atoms with Crippen LogP contribution in [0.15, 0.2) is 35.1 Å². The first-order valence-corrected chi connectivity index (χ1v) is 8.50. The van der Waals surface area contributed by atoms with Crippen LogP contribution in [-0.4, -0.2) is 21.7 Å². The number of aromatic nitrogens is 2. The predicted octanol–water partition coefficient (Wildman–Crippen LogP) is 2.25. The van der Waals surface area contributed by atoms with Crippen LogP contribution in [0, 0.1) is 6.92 Å². The lowest BCUT2D eigenvalue weighted by atomic mass is 9.97. The number of hydrogen-bond donors (Lipinski definition) is 1. The number of amides is 1. The molecule has 126 valence electrons. The highest BCUT2D eigenvalue weighted by Gasteiger charge is 2.15. The number of carbonyl (C=O) groups excluding carboxylic acids is 1. The van der Waals surface area contributed by atoms with E-state index < -0.39 is 0 Å². The van der Waals surface area contributed by atoms with E-state index in [-0.39, 0.29) is 17.5 Å². The second-order valence-corrected chi connectivity index (χ2v) is 6.59. The molecule has 0 radical (unpaired) electrons. The SMILES string of the molecule is Cc1cccc(C(=O)N[C@@H](C)Cn2nc3c(cc2=O)CCCC3)c1. The zero-order valence-corrected chi connectivity index (χ0v) is 14.2. The molecule has 5 nitrogen and oxygen atoms in total. The monoisotopic (exact) mass is 325 g/mol. The third kappa shape index (κ3) is 3.72. The van der Waals surface area contributed by atoms with E-state index in [0.29, 0.717) is 12.1 Å². The van der Waals surface area contributed by atoms with Crippen LogP contribution in [-0.2, 0) is 19.4 Å². The summed E-state index contributed by atoms with van der Waals surface area (Å²) in [5.41, 5.74) is 3.69. The number of rotatable bonds is 4. The lowest BCUT2D eigenvalue weighted by Crippen LogP contribution is -2.39. The van der Waals surface area contributed by atoms with Gasteiger partial charge in [0.15, 0.2) is 0 Å². The summed E-state index contributed by atoms with van der Waals surface area (Å²) in [7, 11) is 0. The lowest BCUT2D eigenvalue weighted by molar-refractivity contribution is 0.0935. The van der Waals surface area contributed by atoms with E-state index >= 15 is 0 Å². The van der Waals surface area contributed by atoms with Crippen LogP contribution in [0.3, 0.4) is 0 Å². The van der Waals surface area contributed by atoms with Crippen LogP contribution in [0.4, 0.5) is 0 Å². The summed E-state index contributed by atoms with van der Waals surface area (Å²) < 4.78 is 1.48. The Hall–Kier alpha value is -2.43. The minimum absolute atomic E-state index is 0.0905. The summed E-state index contributed by atoms with van der Waals surface area (Å²) in [5, 5.41) is 7.44. The molecule has 0 saturated heterocycles. The number of aryl methyl sites for hydroxylation is 3. The van der Waals surface area contributed by atoms with Gasteiger partial charge in [-0.25, -0.2) is 4.68 Å². The molecule has 24 heavy (non-hydrogen) atoms. The largest absolute Gasteiger partial charge is 0.348 e. The van der Waals surface area contributed by atoms with Gasteiger partial charge in [-0.15, -0.1) is 0 Å². The highest BCUT2D eigenvalue weighted by Crippen LogP contribution is 2.16. The van der Waals surface area contributed by atoms with E-state index in [4.69, 9.17) is 0 Å². The maximum Gasteiger partial charge on any atom is 0.267 e. The molecular weight excluding hydrogens is 302 g/mol. The summed E-state index contributed by atoms with van der Waals surface area (Å²) in [4.78, 5) is 24.5. The molecule has 0 unspecified atom stereocenters. The van der Waals surface area contributed by atoms with Crippen molar-refractivity contribution < 1.29 is 4.79 Å². The minimum atomic E-state index is -0.176. The quantitative estimate of drug-likeness (QED) is 0.938. The first-order chi connectivity index (χ1) is 11.5. The Morgan fingerprint density at radius 1 is 1.29 bits per heavy atom. The molecule has 1 aliphatic rings. The van der Waals surface area contributed by atoms with E-state index in [0.717, 1.165) is 42.5 Å². The molecule has 1 aliphatic carbocycles. The standard InChI is InChI=1S/C19H23N3O2/c1-13-6-5-8-16(10-13)19(24)20-14(2)12-22-18(23)11-15-7-3-4-9-17(15)21-22/h5-6,8,10-11,14H,3-4,7,9,12H2,1-2H3,(H,20,24)/t14-/m0/s1. The van der Waals surface area contributed by atoms with Crippen molar-refractivity contribution in [2.75, 3.05) is 0 Å². The van der Waals surface area contributed by atoms with Gasteiger partial charge in [-0.1, -0.05) is 17.7 Å². The topological polar surface area (TPSA) is 64.0 Å². The minimum Gasteiger partial charge on any atom is -0.348 e. The average molecular weight is 325 g/mol. The first-order valence-electron chi connectivity index (χ1n) is 8.50. The lowest BCUT2D eigenvalue weighted by Gasteiger charge is -2.18. The molecule has 3 rings (SSSR count). The zero-order chi connectivity index (χ0) is 17.1. The smallest absolute Gasteiger partial charge is 0.267 e. The van der Waals surface area contributed by atoms with Gasteiger partial charge in [0.05, 0.1) is 12.2 Å². The van der Waals surface area contributed by atoms with Gasteiger partial charge >= 0.3 is 0 Å². The second-order valence-electron chi connectivity index (χ2n) is 6.59. The van der Waals surface area contributed by atoms with Crippen molar-refractivity contribution in [1.29, 1.82) is 0 Å². The van der Waals surface area contributed by atoms with E-state index in [1.807, 2.05) is 32.0 Å². The Labute approximate surface area is 141 Å². The van der Waals surface area contributed by atoms with Crippen LogP contribution < -0.4 is 10.9 Å². The number of fused-ring (bicyclic) bond motifs is 1. The van der Waals surface area contributed by atoms with Crippen LogP contribution in [0.5, 0.6) is 0 Å². The fourth-order valence-electron chi connectivity index (χ4n) is 3.13. The Morgan fingerprint density at radius 2 is 2.08 bits per heavy atom. The van der Waals surface area contributed by atoms with Crippen molar-refractivity contribution >= 4 is 5.91 Å². The third-order valence-corrected chi connectivity index (χ3v) is 4.38. The molecule has 1 amide bonds. The van der Waals surface area contributed by atoms with Gasteiger partial charge in [-0.3, -0.25) is 9.59 Å². The number of nitrogens with one attached hydrogen (secondary N) is 1. The molecule has 1 atom stereocenters. The second kappa shape index (κ2) is 6.99. The molecular formula is C19H23N3O2. The summed E-state index contributed by atoms with van der Waals surface area (Å²) in [6, 6.07) is 8.99. The molecule has 0 fully saturated rings. The van der Waals surface area contributed by atoms with Crippen LogP contribution >= 0.6 is 0 Å². The molecule has 1 aromatic heterocycles. The van der Waals surface area contributed by atoms with Crippen molar-refractivity contribution in [2.24, 2.45) is 0 Å². The van der Waals surface area contributed by atoms with Crippen LogP contribution in [0.25, 0.3) is 0 Å². The van der Waals surface area contributed by atoms with E-state index in [9.17, 15) is 9.59 Å². The fourth-order valence-corrected chi connectivity index (χ4v) is 3.13. The average Bonchev–Trinajstić information content (AvgIpc) is 2.55. The first kappa shape index (κ1) is 16.4. The molecule has 1 aromatic carbocycles. The summed E-state index contributed by atoms with van der Waals surface area (Å²) >= 11 is 0. The van der Waals surface area contributed by atoms with E-state index in [1.54, 1.807) is 12.1 Å². The Bertz CT molecular complexity index is 810. The van der Waals surface area contributed by atoms with Gasteiger partial charge in [0, 0.05) is 17.7 Å². The Kier molecular flexibility index (Phi) is 4.79. The normalized spacial score (nSPS) is 14.8. The van der Waals surface area contributed by atoms with Crippen LogP contribution in [0.1, 0.15) is 46.9 Å². The number of nitrogens with zero attached hydrogens (tertiary/aromatic N) is 2. The van der Waals surface area contributed by atoms with Gasteiger partial charge in [-0.2, -0.15) is 5.10 Å². The summed E-state index contributed by atoms with van der Waals surface area (Å²) in [6.07, 6.45) is 4.12. The number of hydrogen-bond acceptors (Lipinski definition) is 3. The van der Waals surface area contributed by atoms with Crippen molar-refractivity contribution in [3.05, 3.63) is 63.1 Å². The Balaban J connectivity index is 1.70. The highest BCUT2D eigenvalue weighted by atomic mass is 16.2. The predicted molar refractivity (Wildman–Crippen MR) is 93.2 cm³/mol. The molecule has 2 aromatic rings. The van der Waals surface area contributed by atoms with Crippen molar-refractivity contribution in [3.63, 3.8) is 0 Å². The Morgan fingerprint density at radius 3 is 2.88 bits per heavy atom. The number of benzene rings is 1. The van der Waals surface area contributed by atoms with Crippen molar-refractivity contribution in [3.8, 4) is 0 Å². The highest BCUT2D eigenvalue weighted by molar-refractivity contribution is 5.94. The van der Waals surface area contributed by atoms with Gasteiger partial charge < -0.3 is 5.32 Å². The van der Waals surface area contributed by atoms with Gasteiger partial charge in [0.1, 0.15) is 0 Å². The fraction of sp³-hybridized carbons (Fsp3) is 0.421. The van der Waals surface area contributed by atoms with Crippen molar-refractivity contribution in [1.82, 2.24) is 15.1 Å². The number of carbonyl (C=O) groups is 1. The maximum absolute atomic E-state index is 12.3. The maximum atomic E-state index is 12.3. The molecule has 1 heterocycles. The summed E-state index contributed by atoms with van der Waals surface area (Å²) in [5.74, 6) is -0.128. The third-order valence-electron chi connectivity index (χ3n) is 4.38. The van der Waals surface area contributed by atoms with E-state index in [2.05, 4.69) is 10.4 Å². The van der Waals surface area contributed by atoms with Gasteiger partial charge in [-0.05, 0) is 57.2 Å². The van der Waals surface area contributed by atoms with Gasteiger partial charge in [0.25, 0.3) is 11.5 Å². The summed E-state index contributed by atoms with van der Waals surface area (Å²) in [6.45, 7) is 4.22. The van der Waals surface area contributed by atoms with Gasteiger partial charge in [0.2, 0.25) is 0 Å². The molecule has 0 aliphatic heterocycles. The molecule has 0 spiro atoms. The zero-order valence-electron chi connectivity index (χ0n) is 14.2. The van der Waals surface area contributed by atoms with E-state index in [1.165, 1.54) is 4.68 Å². The van der Waals surface area contributed by atoms with Crippen LogP contribution in [0.2, 0.25) is 0 Å². The molecule has 5 heteroatoms.